The molecule has 4 nitrogen and oxygen atoms in total. The van der Waals surface area contributed by atoms with Gasteiger partial charge in [-0.05, 0) is 30.9 Å². The van der Waals surface area contributed by atoms with Crippen molar-refractivity contribution in [2.45, 2.75) is 38.1 Å². The number of nitrogens with two attached hydrogens (primary N) is 1. The molecule has 106 valence electrons. The standard InChI is InChI=1S/C15H18FN3O/c1-10-5-4-8-15(17,9-10)14-18-13(20-19-14)11-6-2-3-7-12(11)16/h2-3,6-7,10H,4-5,8-9,17H2,1H3. The second-order valence-electron chi connectivity index (χ2n) is 5.76. The molecular formula is C15H18FN3O. The van der Waals surface area contributed by atoms with Crippen LogP contribution in [0.25, 0.3) is 11.5 Å². The second-order valence-corrected chi connectivity index (χ2v) is 5.76. The van der Waals surface area contributed by atoms with Crippen LogP contribution in [0.1, 0.15) is 38.4 Å². The van der Waals surface area contributed by atoms with Crippen molar-refractivity contribution < 1.29 is 8.91 Å². The molecule has 0 spiro atoms. The zero-order valence-corrected chi connectivity index (χ0v) is 11.5. The Morgan fingerprint density at radius 1 is 1.40 bits per heavy atom. The molecule has 20 heavy (non-hydrogen) atoms. The highest BCUT2D eigenvalue weighted by Gasteiger charge is 2.37. The highest BCUT2D eigenvalue weighted by molar-refractivity contribution is 5.53. The zero-order valence-electron chi connectivity index (χ0n) is 11.5. The molecule has 0 aliphatic heterocycles. The minimum absolute atomic E-state index is 0.196. The maximum absolute atomic E-state index is 13.7. The second kappa shape index (κ2) is 4.98. The van der Waals surface area contributed by atoms with Gasteiger partial charge in [0.05, 0.1) is 11.1 Å². The van der Waals surface area contributed by atoms with Crippen LogP contribution < -0.4 is 5.73 Å². The maximum atomic E-state index is 13.7. The predicted molar refractivity (Wildman–Crippen MR) is 73.2 cm³/mol. The van der Waals surface area contributed by atoms with E-state index >= 15 is 0 Å². The Labute approximate surface area is 117 Å². The summed E-state index contributed by atoms with van der Waals surface area (Å²) >= 11 is 0. The van der Waals surface area contributed by atoms with Crippen LogP contribution in [0.4, 0.5) is 4.39 Å². The molecule has 1 heterocycles. The van der Waals surface area contributed by atoms with Gasteiger partial charge in [0.1, 0.15) is 5.82 Å². The average molecular weight is 275 g/mol. The van der Waals surface area contributed by atoms with Gasteiger partial charge in [-0.25, -0.2) is 4.39 Å². The number of benzene rings is 1. The first-order valence-electron chi connectivity index (χ1n) is 6.96. The van der Waals surface area contributed by atoms with Gasteiger partial charge in [-0.2, -0.15) is 4.98 Å². The van der Waals surface area contributed by atoms with Gasteiger partial charge < -0.3 is 10.3 Å². The predicted octanol–water partition coefficient (Wildman–Crippen LogP) is 3.24. The summed E-state index contributed by atoms with van der Waals surface area (Å²) in [5, 5.41) is 3.99. The Hall–Kier alpha value is -1.75. The number of aromatic nitrogens is 2. The van der Waals surface area contributed by atoms with Gasteiger partial charge in [0.2, 0.25) is 0 Å². The Morgan fingerprint density at radius 3 is 2.95 bits per heavy atom. The molecule has 1 fully saturated rings. The lowest BCUT2D eigenvalue weighted by Gasteiger charge is -2.33. The van der Waals surface area contributed by atoms with Crippen molar-refractivity contribution >= 4 is 0 Å². The van der Waals surface area contributed by atoms with E-state index in [2.05, 4.69) is 17.1 Å². The maximum Gasteiger partial charge on any atom is 0.260 e. The van der Waals surface area contributed by atoms with Crippen LogP contribution in [0.2, 0.25) is 0 Å². The van der Waals surface area contributed by atoms with E-state index in [-0.39, 0.29) is 11.7 Å². The Kier molecular flexibility index (Phi) is 3.30. The van der Waals surface area contributed by atoms with E-state index in [4.69, 9.17) is 10.3 Å². The van der Waals surface area contributed by atoms with Crippen molar-refractivity contribution in [3.05, 3.63) is 35.9 Å². The number of halogens is 1. The van der Waals surface area contributed by atoms with E-state index in [0.29, 0.717) is 17.3 Å². The first kappa shape index (κ1) is 13.2. The lowest BCUT2D eigenvalue weighted by atomic mass is 9.76. The molecule has 1 aromatic heterocycles. The lowest BCUT2D eigenvalue weighted by molar-refractivity contribution is 0.222. The first-order valence-corrected chi connectivity index (χ1v) is 6.96. The molecule has 2 unspecified atom stereocenters. The van der Waals surface area contributed by atoms with E-state index in [0.717, 1.165) is 19.3 Å². The van der Waals surface area contributed by atoms with Crippen molar-refractivity contribution in [3.63, 3.8) is 0 Å². The molecular weight excluding hydrogens is 257 g/mol. The molecule has 1 aromatic carbocycles. The molecule has 0 bridgehead atoms. The summed E-state index contributed by atoms with van der Waals surface area (Å²) in [4.78, 5) is 4.33. The van der Waals surface area contributed by atoms with E-state index in [1.165, 1.54) is 12.5 Å². The van der Waals surface area contributed by atoms with Gasteiger partial charge in [0.15, 0.2) is 5.82 Å². The van der Waals surface area contributed by atoms with E-state index < -0.39 is 5.54 Å². The van der Waals surface area contributed by atoms with Crippen molar-refractivity contribution in [2.75, 3.05) is 0 Å². The number of hydrogen-bond acceptors (Lipinski definition) is 4. The summed E-state index contributed by atoms with van der Waals surface area (Å²) < 4.78 is 18.9. The van der Waals surface area contributed by atoms with Crippen LogP contribution >= 0.6 is 0 Å². The van der Waals surface area contributed by atoms with E-state index in [1.807, 2.05) is 0 Å². The van der Waals surface area contributed by atoms with Crippen LogP contribution in [0.15, 0.2) is 28.8 Å². The SMILES string of the molecule is CC1CCCC(N)(c2noc(-c3ccccc3F)n2)C1. The number of nitrogens with zero attached hydrogens (tertiary/aromatic N) is 2. The zero-order chi connectivity index (χ0) is 14.2. The highest BCUT2D eigenvalue weighted by Crippen LogP contribution is 2.37. The lowest BCUT2D eigenvalue weighted by Crippen LogP contribution is -2.42. The molecule has 0 radical (unpaired) electrons. The largest absolute Gasteiger partial charge is 0.334 e. The average Bonchev–Trinajstić information content (AvgIpc) is 2.89. The molecule has 0 saturated heterocycles. The molecule has 1 aliphatic rings. The monoisotopic (exact) mass is 275 g/mol. The Bertz CT molecular complexity index is 613. The van der Waals surface area contributed by atoms with Crippen LogP contribution in [0.5, 0.6) is 0 Å². The molecule has 2 atom stereocenters. The van der Waals surface area contributed by atoms with Crippen LogP contribution in [-0.2, 0) is 5.54 Å². The molecule has 1 saturated carbocycles. The quantitative estimate of drug-likeness (QED) is 0.913. The first-order chi connectivity index (χ1) is 9.58. The third-order valence-electron chi connectivity index (χ3n) is 4.01. The van der Waals surface area contributed by atoms with Crippen LogP contribution in [-0.4, -0.2) is 10.1 Å². The summed E-state index contributed by atoms with van der Waals surface area (Å²) in [5.41, 5.74) is 6.19. The van der Waals surface area contributed by atoms with E-state index in [9.17, 15) is 4.39 Å². The smallest absolute Gasteiger partial charge is 0.260 e. The van der Waals surface area contributed by atoms with Crippen LogP contribution in [0.3, 0.4) is 0 Å². The van der Waals surface area contributed by atoms with Crippen molar-refractivity contribution in [2.24, 2.45) is 11.7 Å². The van der Waals surface area contributed by atoms with E-state index in [1.54, 1.807) is 18.2 Å². The van der Waals surface area contributed by atoms with Crippen molar-refractivity contribution in [1.29, 1.82) is 0 Å². The topological polar surface area (TPSA) is 64.9 Å². The normalized spacial score (nSPS) is 26.6. The van der Waals surface area contributed by atoms with Crippen molar-refractivity contribution in [1.82, 2.24) is 10.1 Å². The fraction of sp³-hybridized carbons (Fsp3) is 0.467. The summed E-state index contributed by atoms with van der Waals surface area (Å²) in [6.45, 7) is 2.18. The number of rotatable bonds is 2. The molecule has 5 heteroatoms. The Balaban J connectivity index is 1.92. The van der Waals surface area contributed by atoms with Gasteiger partial charge in [0.25, 0.3) is 5.89 Å². The molecule has 1 aliphatic carbocycles. The Morgan fingerprint density at radius 2 is 2.20 bits per heavy atom. The van der Waals surface area contributed by atoms with Gasteiger partial charge in [-0.15, -0.1) is 0 Å². The van der Waals surface area contributed by atoms with Gasteiger partial charge in [-0.1, -0.05) is 37.1 Å². The third kappa shape index (κ3) is 2.33. The minimum atomic E-state index is -0.551. The summed E-state index contributed by atoms with van der Waals surface area (Å²) in [6.07, 6.45) is 3.91. The molecule has 2 aromatic rings. The fourth-order valence-electron chi connectivity index (χ4n) is 2.96. The molecule has 3 rings (SSSR count). The summed E-state index contributed by atoms with van der Waals surface area (Å²) in [7, 11) is 0. The molecule has 0 amide bonds. The van der Waals surface area contributed by atoms with Gasteiger partial charge in [0, 0.05) is 0 Å². The third-order valence-corrected chi connectivity index (χ3v) is 4.01. The summed E-state index contributed by atoms with van der Waals surface area (Å²) in [6, 6.07) is 6.37. The fourth-order valence-corrected chi connectivity index (χ4v) is 2.96. The molecule has 2 N–H and O–H groups in total. The highest BCUT2D eigenvalue weighted by atomic mass is 19.1. The minimum Gasteiger partial charge on any atom is -0.334 e. The summed E-state index contributed by atoms with van der Waals surface area (Å²) in [5.74, 6) is 0.860. The van der Waals surface area contributed by atoms with Crippen molar-refractivity contribution in [3.8, 4) is 11.5 Å². The van der Waals surface area contributed by atoms with Gasteiger partial charge >= 0.3 is 0 Å². The van der Waals surface area contributed by atoms with Gasteiger partial charge in [-0.3, -0.25) is 0 Å². The number of hydrogen-bond donors (Lipinski definition) is 1. The van der Waals surface area contributed by atoms with Crippen LogP contribution in [0, 0.1) is 11.7 Å².